The highest BCUT2D eigenvalue weighted by Gasteiger charge is 2.27. The second-order valence-electron chi connectivity index (χ2n) is 4.89. The van der Waals surface area contributed by atoms with Crippen LogP contribution in [0.2, 0.25) is 0 Å². The summed E-state index contributed by atoms with van der Waals surface area (Å²) in [5, 5.41) is 0. The molecular weight excluding hydrogens is 262 g/mol. The molecule has 3 nitrogen and oxygen atoms in total. The molecule has 0 aromatic heterocycles. The predicted octanol–water partition coefficient (Wildman–Crippen LogP) is 3.42. The first-order valence-corrected chi connectivity index (χ1v) is 7.17. The molecule has 110 valence electrons. The third-order valence-electron chi connectivity index (χ3n) is 3.54. The summed E-state index contributed by atoms with van der Waals surface area (Å²) in [6.45, 7) is 3.54. The van der Waals surface area contributed by atoms with E-state index >= 15 is 0 Å². The van der Waals surface area contributed by atoms with Gasteiger partial charge in [0.1, 0.15) is 6.04 Å². The summed E-state index contributed by atoms with van der Waals surface area (Å²) >= 11 is 0. The van der Waals surface area contributed by atoms with Crippen molar-refractivity contribution in [2.45, 2.75) is 19.5 Å². The van der Waals surface area contributed by atoms with E-state index in [0.29, 0.717) is 6.54 Å². The lowest BCUT2D eigenvalue weighted by molar-refractivity contribution is -0.147. The molecule has 0 aliphatic rings. The molecule has 0 heterocycles. The predicted molar refractivity (Wildman–Crippen MR) is 83.7 cm³/mol. The van der Waals surface area contributed by atoms with Crippen molar-refractivity contribution in [3.63, 3.8) is 0 Å². The number of nitrogens with zero attached hydrogens (tertiary/aromatic N) is 1. The van der Waals surface area contributed by atoms with Crippen LogP contribution in [0.5, 0.6) is 0 Å². The largest absolute Gasteiger partial charge is 0.468 e. The summed E-state index contributed by atoms with van der Waals surface area (Å²) in [4.78, 5) is 14.4. The van der Waals surface area contributed by atoms with Crippen molar-refractivity contribution in [3.8, 4) is 0 Å². The zero-order chi connectivity index (χ0) is 15.1. The van der Waals surface area contributed by atoms with Crippen LogP contribution in [-0.4, -0.2) is 24.5 Å². The minimum atomic E-state index is -0.374. The Morgan fingerprint density at radius 2 is 1.62 bits per heavy atom. The molecule has 2 aromatic carbocycles. The monoisotopic (exact) mass is 283 g/mol. The van der Waals surface area contributed by atoms with Crippen molar-refractivity contribution in [1.29, 1.82) is 0 Å². The lowest BCUT2D eigenvalue weighted by atomic mass is 10.0. The van der Waals surface area contributed by atoms with E-state index in [1.807, 2.05) is 48.5 Å². The van der Waals surface area contributed by atoms with Gasteiger partial charge in [-0.3, -0.25) is 4.90 Å². The van der Waals surface area contributed by atoms with Gasteiger partial charge in [0.15, 0.2) is 0 Å². The second kappa shape index (κ2) is 7.60. The molecule has 0 amide bonds. The Morgan fingerprint density at radius 3 is 2.14 bits per heavy atom. The molecule has 0 aliphatic carbocycles. The van der Waals surface area contributed by atoms with Crippen molar-refractivity contribution in [1.82, 2.24) is 4.90 Å². The Labute approximate surface area is 126 Å². The fourth-order valence-corrected chi connectivity index (χ4v) is 2.45. The smallest absolute Gasteiger partial charge is 0.327 e. The number of esters is 1. The van der Waals surface area contributed by atoms with Crippen molar-refractivity contribution in [2.75, 3.05) is 13.7 Å². The second-order valence-corrected chi connectivity index (χ2v) is 4.89. The summed E-state index contributed by atoms with van der Waals surface area (Å²) in [7, 11) is 1.44. The van der Waals surface area contributed by atoms with E-state index in [-0.39, 0.29) is 12.0 Å². The van der Waals surface area contributed by atoms with Gasteiger partial charge in [-0.15, -0.1) is 0 Å². The fourth-order valence-electron chi connectivity index (χ4n) is 2.45. The van der Waals surface area contributed by atoms with Crippen LogP contribution in [0, 0.1) is 0 Å². The Hall–Kier alpha value is -2.13. The highest BCUT2D eigenvalue weighted by atomic mass is 16.5. The molecule has 21 heavy (non-hydrogen) atoms. The first-order valence-electron chi connectivity index (χ1n) is 7.17. The van der Waals surface area contributed by atoms with Crippen LogP contribution >= 0.6 is 0 Å². The minimum absolute atomic E-state index is 0.223. The van der Waals surface area contributed by atoms with Crippen LogP contribution in [0.4, 0.5) is 0 Å². The first kappa shape index (κ1) is 15.3. The van der Waals surface area contributed by atoms with Crippen molar-refractivity contribution in [3.05, 3.63) is 71.8 Å². The van der Waals surface area contributed by atoms with E-state index in [1.54, 1.807) is 0 Å². The van der Waals surface area contributed by atoms with Gasteiger partial charge >= 0.3 is 5.97 Å². The molecular formula is C18H21NO2. The van der Waals surface area contributed by atoms with Gasteiger partial charge in [-0.2, -0.15) is 0 Å². The molecule has 0 fully saturated rings. The highest BCUT2D eigenvalue weighted by Crippen LogP contribution is 2.24. The summed E-state index contributed by atoms with van der Waals surface area (Å²) in [6, 6.07) is 19.6. The average Bonchev–Trinajstić information content (AvgIpc) is 2.56. The molecule has 0 N–H and O–H groups in total. The standard InChI is InChI=1S/C18H21NO2/c1-3-19(14-15-10-6-4-7-11-15)17(18(20)21-2)16-12-8-5-9-13-16/h4-13,17H,3,14H2,1-2H3. The molecule has 1 atom stereocenters. The molecule has 0 saturated carbocycles. The van der Waals surface area contributed by atoms with Gasteiger partial charge in [0.25, 0.3) is 0 Å². The van der Waals surface area contributed by atoms with E-state index in [0.717, 1.165) is 12.1 Å². The molecule has 2 rings (SSSR count). The van der Waals surface area contributed by atoms with Crippen LogP contribution in [-0.2, 0) is 16.1 Å². The highest BCUT2D eigenvalue weighted by molar-refractivity contribution is 5.77. The number of hydrogen-bond donors (Lipinski definition) is 0. The third kappa shape index (κ3) is 3.92. The number of benzene rings is 2. The van der Waals surface area contributed by atoms with Gasteiger partial charge in [-0.05, 0) is 17.7 Å². The van der Waals surface area contributed by atoms with E-state index in [9.17, 15) is 4.79 Å². The zero-order valence-electron chi connectivity index (χ0n) is 12.5. The van der Waals surface area contributed by atoms with Gasteiger partial charge < -0.3 is 4.74 Å². The van der Waals surface area contributed by atoms with Gasteiger partial charge in [-0.25, -0.2) is 4.79 Å². The van der Waals surface area contributed by atoms with Gasteiger partial charge in [0.05, 0.1) is 7.11 Å². The number of carbonyl (C=O) groups is 1. The summed E-state index contributed by atoms with van der Waals surface area (Å²) in [5.74, 6) is -0.223. The van der Waals surface area contributed by atoms with Crippen molar-refractivity contribution < 1.29 is 9.53 Å². The lowest BCUT2D eigenvalue weighted by Gasteiger charge is -2.29. The fraction of sp³-hybridized carbons (Fsp3) is 0.278. The summed E-state index contributed by atoms with van der Waals surface area (Å²) in [6.07, 6.45) is 0. The van der Waals surface area contributed by atoms with E-state index in [1.165, 1.54) is 12.7 Å². The Bertz CT molecular complexity index is 554. The van der Waals surface area contributed by atoms with Crippen LogP contribution in [0.25, 0.3) is 0 Å². The minimum Gasteiger partial charge on any atom is -0.468 e. The van der Waals surface area contributed by atoms with E-state index in [2.05, 4.69) is 24.0 Å². The molecule has 0 radical (unpaired) electrons. The van der Waals surface area contributed by atoms with E-state index in [4.69, 9.17) is 4.74 Å². The molecule has 0 aliphatic heterocycles. The maximum Gasteiger partial charge on any atom is 0.327 e. The van der Waals surface area contributed by atoms with Crippen molar-refractivity contribution in [2.24, 2.45) is 0 Å². The van der Waals surface area contributed by atoms with Gasteiger partial charge in [0, 0.05) is 6.54 Å². The molecule has 2 aromatic rings. The number of likely N-dealkylation sites (N-methyl/N-ethyl adjacent to an activating group) is 1. The Balaban J connectivity index is 2.27. The molecule has 0 spiro atoms. The third-order valence-corrected chi connectivity index (χ3v) is 3.54. The van der Waals surface area contributed by atoms with Gasteiger partial charge in [-0.1, -0.05) is 67.6 Å². The van der Waals surface area contributed by atoms with Crippen LogP contribution in [0.3, 0.4) is 0 Å². The number of carbonyl (C=O) groups excluding carboxylic acids is 1. The number of methoxy groups -OCH3 is 1. The average molecular weight is 283 g/mol. The molecule has 3 heteroatoms. The quantitative estimate of drug-likeness (QED) is 0.761. The molecule has 0 bridgehead atoms. The maximum absolute atomic E-state index is 12.2. The summed E-state index contributed by atoms with van der Waals surface area (Å²) in [5.41, 5.74) is 2.14. The Morgan fingerprint density at radius 1 is 1.05 bits per heavy atom. The maximum atomic E-state index is 12.2. The number of hydrogen-bond acceptors (Lipinski definition) is 3. The number of ether oxygens (including phenoxy) is 1. The van der Waals surface area contributed by atoms with Crippen LogP contribution in [0.15, 0.2) is 60.7 Å². The molecule has 1 unspecified atom stereocenters. The first-order chi connectivity index (χ1) is 10.3. The van der Waals surface area contributed by atoms with E-state index < -0.39 is 0 Å². The van der Waals surface area contributed by atoms with Crippen LogP contribution < -0.4 is 0 Å². The van der Waals surface area contributed by atoms with Crippen LogP contribution in [0.1, 0.15) is 24.1 Å². The lowest BCUT2D eigenvalue weighted by Crippen LogP contribution is -2.34. The SMILES string of the molecule is CCN(Cc1ccccc1)C(C(=O)OC)c1ccccc1. The Kier molecular flexibility index (Phi) is 5.52. The molecule has 0 saturated heterocycles. The summed E-state index contributed by atoms with van der Waals surface area (Å²) < 4.78 is 5.01. The normalized spacial score (nSPS) is 12.1. The van der Waals surface area contributed by atoms with Crippen molar-refractivity contribution >= 4 is 5.97 Å². The van der Waals surface area contributed by atoms with Gasteiger partial charge in [0.2, 0.25) is 0 Å². The number of rotatable bonds is 6. The zero-order valence-corrected chi connectivity index (χ0v) is 12.5. The topological polar surface area (TPSA) is 29.5 Å².